The highest BCUT2D eigenvalue weighted by atomic mass is 16.5. The normalized spacial score (nSPS) is 15.7. The zero-order valence-electron chi connectivity index (χ0n) is 7.62. The first-order valence-corrected chi connectivity index (χ1v) is 4.49. The lowest BCUT2D eigenvalue weighted by Crippen LogP contribution is -2.05. The molecule has 0 bridgehead atoms. The second kappa shape index (κ2) is 5.39. The summed E-state index contributed by atoms with van der Waals surface area (Å²) in [5.41, 5.74) is 6.16. The maximum Gasteiger partial charge on any atom is 0.0963 e. The number of nitrogens with zero attached hydrogens (tertiary/aromatic N) is 1. The average molecular weight is 178 g/mol. The summed E-state index contributed by atoms with van der Waals surface area (Å²) in [6, 6.07) is 2.13. The van der Waals surface area contributed by atoms with Crippen molar-refractivity contribution in [2.75, 3.05) is 13.2 Å². The molecule has 1 aliphatic carbocycles. The van der Waals surface area contributed by atoms with Crippen LogP contribution in [0.15, 0.2) is 23.5 Å². The number of allylic oxidation sites excluding steroid dienone is 4. The van der Waals surface area contributed by atoms with Gasteiger partial charge in [-0.1, -0.05) is 0 Å². The van der Waals surface area contributed by atoms with E-state index in [0.717, 1.165) is 30.6 Å². The number of ether oxygens (including phenoxy) is 1. The van der Waals surface area contributed by atoms with Crippen molar-refractivity contribution < 1.29 is 4.74 Å². The summed E-state index contributed by atoms with van der Waals surface area (Å²) in [7, 11) is 0. The second-order valence-electron chi connectivity index (χ2n) is 2.93. The van der Waals surface area contributed by atoms with Crippen molar-refractivity contribution >= 4 is 0 Å². The topological polar surface area (TPSA) is 59.0 Å². The predicted octanol–water partition coefficient (Wildman–Crippen LogP) is 1.48. The SMILES string of the molecule is N#CC1=CC=C(OCCCN)CC1. The first-order valence-electron chi connectivity index (χ1n) is 4.49. The zero-order valence-corrected chi connectivity index (χ0v) is 7.62. The van der Waals surface area contributed by atoms with Crippen LogP contribution in [0.5, 0.6) is 0 Å². The fourth-order valence-corrected chi connectivity index (χ4v) is 1.12. The predicted molar refractivity (Wildman–Crippen MR) is 50.6 cm³/mol. The van der Waals surface area contributed by atoms with Crippen LogP contribution in [0.1, 0.15) is 19.3 Å². The highest BCUT2D eigenvalue weighted by Crippen LogP contribution is 2.18. The van der Waals surface area contributed by atoms with Crippen LogP contribution in [0.4, 0.5) is 0 Å². The van der Waals surface area contributed by atoms with Gasteiger partial charge in [0.05, 0.1) is 18.4 Å². The van der Waals surface area contributed by atoms with Gasteiger partial charge in [0.1, 0.15) is 0 Å². The Balaban J connectivity index is 2.33. The van der Waals surface area contributed by atoms with Gasteiger partial charge < -0.3 is 10.5 Å². The van der Waals surface area contributed by atoms with Crippen LogP contribution in [0.2, 0.25) is 0 Å². The van der Waals surface area contributed by atoms with Gasteiger partial charge >= 0.3 is 0 Å². The lowest BCUT2D eigenvalue weighted by molar-refractivity contribution is 0.199. The lowest BCUT2D eigenvalue weighted by atomic mass is 10.1. The van der Waals surface area contributed by atoms with Gasteiger partial charge in [0.2, 0.25) is 0 Å². The number of rotatable bonds is 4. The molecule has 70 valence electrons. The summed E-state index contributed by atoms with van der Waals surface area (Å²) >= 11 is 0. The van der Waals surface area contributed by atoms with E-state index in [2.05, 4.69) is 6.07 Å². The molecule has 13 heavy (non-hydrogen) atoms. The number of hydrogen-bond donors (Lipinski definition) is 1. The molecule has 1 aliphatic rings. The minimum atomic E-state index is 0.659. The minimum Gasteiger partial charge on any atom is -0.498 e. The van der Waals surface area contributed by atoms with E-state index in [4.69, 9.17) is 15.7 Å². The molecule has 0 aromatic heterocycles. The van der Waals surface area contributed by atoms with Gasteiger partial charge in [0.25, 0.3) is 0 Å². The third-order valence-corrected chi connectivity index (χ3v) is 1.89. The molecule has 3 heteroatoms. The Morgan fingerprint density at radius 2 is 2.31 bits per heavy atom. The molecule has 0 fully saturated rings. The molecule has 0 amide bonds. The maximum absolute atomic E-state index is 8.59. The molecular weight excluding hydrogens is 164 g/mol. The second-order valence-corrected chi connectivity index (χ2v) is 2.93. The summed E-state index contributed by atoms with van der Waals surface area (Å²) < 4.78 is 5.44. The third-order valence-electron chi connectivity index (χ3n) is 1.89. The molecule has 0 saturated carbocycles. The Kier molecular flexibility index (Phi) is 4.07. The van der Waals surface area contributed by atoms with Crippen molar-refractivity contribution in [3.63, 3.8) is 0 Å². The van der Waals surface area contributed by atoms with E-state index in [9.17, 15) is 0 Å². The molecule has 3 nitrogen and oxygen atoms in total. The Hall–Kier alpha value is -1.27. The zero-order chi connectivity index (χ0) is 9.52. The molecule has 0 aromatic rings. The Labute approximate surface area is 78.5 Å². The summed E-state index contributed by atoms with van der Waals surface area (Å²) in [6.07, 6.45) is 6.21. The summed E-state index contributed by atoms with van der Waals surface area (Å²) in [4.78, 5) is 0. The van der Waals surface area contributed by atoms with Gasteiger partial charge in [-0.25, -0.2) is 0 Å². The number of hydrogen-bond acceptors (Lipinski definition) is 3. The van der Waals surface area contributed by atoms with Crippen LogP contribution in [-0.4, -0.2) is 13.2 Å². The standard InChI is InChI=1S/C10H14N2O/c11-6-1-7-13-10-4-2-9(8-12)3-5-10/h2,4H,1,3,5-7,11H2. The Morgan fingerprint density at radius 3 is 2.85 bits per heavy atom. The minimum absolute atomic E-state index is 0.659. The fraction of sp³-hybridized carbons (Fsp3) is 0.500. The molecule has 0 heterocycles. The van der Waals surface area contributed by atoms with Crippen molar-refractivity contribution in [2.24, 2.45) is 5.73 Å². The van der Waals surface area contributed by atoms with E-state index >= 15 is 0 Å². The van der Waals surface area contributed by atoms with Crippen LogP contribution in [0.25, 0.3) is 0 Å². The number of nitrogens with two attached hydrogens (primary N) is 1. The van der Waals surface area contributed by atoms with Gasteiger partial charge in [0, 0.05) is 12.0 Å². The van der Waals surface area contributed by atoms with Crippen LogP contribution in [-0.2, 0) is 4.74 Å². The van der Waals surface area contributed by atoms with Crippen molar-refractivity contribution in [3.05, 3.63) is 23.5 Å². The molecule has 0 aliphatic heterocycles. The highest BCUT2D eigenvalue weighted by molar-refractivity contribution is 5.30. The van der Waals surface area contributed by atoms with E-state index in [1.165, 1.54) is 0 Å². The number of nitriles is 1. The van der Waals surface area contributed by atoms with Crippen molar-refractivity contribution in [1.82, 2.24) is 0 Å². The van der Waals surface area contributed by atoms with E-state index in [1.807, 2.05) is 12.2 Å². The van der Waals surface area contributed by atoms with Crippen LogP contribution in [0, 0.1) is 11.3 Å². The van der Waals surface area contributed by atoms with E-state index < -0.39 is 0 Å². The van der Waals surface area contributed by atoms with Crippen molar-refractivity contribution in [2.45, 2.75) is 19.3 Å². The monoisotopic (exact) mass is 178 g/mol. The molecule has 0 unspecified atom stereocenters. The quantitative estimate of drug-likeness (QED) is 0.663. The Morgan fingerprint density at radius 1 is 1.46 bits per heavy atom. The molecule has 0 atom stereocenters. The molecule has 1 rings (SSSR count). The van der Waals surface area contributed by atoms with Crippen LogP contribution in [0.3, 0.4) is 0 Å². The summed E-state index contributed by atoms with van der Waals surface area (Å²) in [5.74, 6) is 0.965. The van der Waals surface area contributed by atoms with E-state index in [1.54, 1.807) is 0 Å². The van der Waals surface area contributed by atoms with Crippen molar-refractivity contribution in [1.29, 1.82) is 5.26 Å². The molecule has 0 radical (unpaired) electrons. The van der Waals surface area contributed by atoms with Gasteiger partial charge in [-0.2, -0.15) is 5.26 Å². The first kappa shape index (κ1) is 9.82. The molecule has 0 saturated heterocycles. The van der Waals surface area contributed by atoms with Crippen molar-refractivity contribution in [3.8, 4) is 6.07 Å². The smallest absolute Gasteiger partial charge is 0.0963 e. The van der Waals surface area contributed by atoms with Gasteiger partial charge in [-0.05, 0) is 31.5 Å². The lowest BCUT2D eigenvalue weighted by Gasteiger charge is -2.12. The van der Waals surface area contributed by atoms with Gasteiger partial charge in [-0.15, -0.1) is 0 Å². The van der Waals surface area contributed by atoms with Crippen LogP contribution < -0.4 is 5.73 Å². The first-order chi connectivity index (χ1) is 6.36. The Bertz CT molecular complexity index is 261. The molecule has 0 aromatic carbocycles. The van der Waals surface area contributed by atoms with E-state index in [-0.39, 0.29) is 0 Å². The summed E-state index contributed by atoms with van der Waals surface area (Å²) in [6.45, 7) is 1.34. The maximum atomic E-state index is 8.59. The van der Waals surface area contributed by atoms with Gasteiger partial charge in [-0.3, -0.25) is 0 Å². The van der Waals surface area contributed by atoms with E-state index in [0.29, 0.717) is 13.2 Å². The highest BCUT2D eigenvalue weighted by Gasteiger charge is 2.05. The van der Waals surface area contributed by atoms with Gasteiger partial charge in [0.15, 0.2) is 0 Å². The summed E-state index contributed by atoms with van der Waals surface area (Å²) in [5, 5.41) is 8.59. The van der Waals surface area contributed by atoms with Crippen LogP contribution >= 0.6 is 0 Å². The third kappa shape index (κ3) is 3.30. The molecular formula is C10H14N2O. The molecule has 2 N–H and O–H groups in total. The fourth-order valence-electron chi connectivity index (χ4n) is 1.12. The largest absolute Gasteiger partial charge is 0.498 e. The molecule has 0 spiro atoms. The average Bonchev–Trinajstić information content (AvgIpc) is 2.19.